The molecular weight excluding hydrogens is 376 g/mol. The van der Waals surface area contributed by atoms with E-state index in [4.69, 9.17) is 4.74 Å². The van der Waals surface area contributed by atoms with E-state index in [9.17, 15) is 4.79 Å². The second-order valence-corrected chi connectivity index (χ2v) is 8.14. The summed E-state index contributed by atoms with van der Waals surface area (Å²) in [5, 5.41) is 11.5. The Labute approximate surface area is 177 Å². The van der Waals surface area contributed by atoms with Gasteiger partial charge < -0.3 is 10.1 Å². The minimum absolute atomic E-state index is 0.108. The molecule has 1 aromatic heterocycles. The van der Waals surface area contributed by atoms with Crippen molar-refractivity contribution in [2.24, 2.45) is 0 Å². The molecule has 1 saturated carbocycles. The van der Waals surface area contributed by atoms with E-state index in [0.29, 0.717) is 12.2 Å². The van der Waals surface area contributed by atoms with Crippen molar-refractivity contribution in [3.05, 3.63) is 71.0 Å². The van der Waals surface area contributed by atoms with Gasteiger partial charge >= 0.3 is 0 Å². The number of methoxy groups -OCH3 is 1. The third-order valence-corrected chi connectivity index (χ3v) is 6.18. The van der Waals surface area contributed by atoms with E-state index < -0.39 is 0 Å². The predicted molar refractivity (Wildman–Crippen MR) is 116 cm³/mol. The fraction of sp³-hybridized carbons (Fsp3) is 0.375. The van der Waals surface area contributed by atoms with Gasteiger partial charge in [0.05, 0.1) is 18.5 Å². The van der Waals surface area contributed by atoms with E-state index in [1.807, 2.05) is 56.3 Å². The normalized spacial score (nSPS) is 15.2. The Kier molecular flexibility index (Phi) is 5.57. The van der Waals surface area contributed by atoms with Crippen LogP contribution in [0.4, 0.5) is 0 Å². The van der Waals surface area contributed by atoms with Gasteiger partial charge in [-0.25, -0.2) is 4.68 Å². The number of nitrogens with zero attached hydrogens (tertiary/aromatic N) is 3. The van der Waals surface area contributed by atoms with Gasteiger partial charge in [0, 0.05) is 17.5 Å². The Bertz CT molecular complexity index is 1050. The Morgan fingerprint density at radius 3 is 2.63 bits per heavy atom. The number of rotatable bonds is 6. The number of benzene rings is 2. The lowest BCUT2D eigenvalue weighted by Crippen LogP contribution is -2.39. The summed E-state index contributed by atoms with van der Waals surface area (Å²) >= 11 is 0. The lowest BCUT2D eigenvalue weighted by atomic mass is 9.78. The Morgan fingerprint density at radius 2 is 1.90 bits per heavy atom. The molecule has 30 heavy (non-hydrogen) atoms. The van der Waals surface area contributed by atoms with Crippen LogP contribution in [0.5, 0.6) is 5.75 Å². The molecule has 1 amide bonds. The molecule has 0 saturated heterocycles. The summed E-state index contributed by atoms with van der Waals surface area (Å²) in [5.41, 5.74) is 4.20. The smallest absolute Gasteiger partial charge is 0.273 e. The van der Waals surface area contributed by atoms with Gasteiger partial charge in [0.25, 0.3) is 5.91 Å². The van der Waals surface area contributed by atoms with Crippen LogP contribution in [0.2, 0.25) is 0 Å². The Morgan fingerprint density at radius 1 is 1.13 bits per heavy atom. The van der Waals surface area contributed by atoms with Crippen molar-refractivity contribution in [3.63, 3.8) is 0 Å². The maximum Gasteiger partial charge on any atom is 0.273 e. The molecule has 1 fully saturated rings. The standard InChI is InChI=1S/C24H28N4O2/c1-17-9-8-10-19(15-17)28-18(2)22(26-27-28)23(29)25-16-24(13-6-7-14-24)20-11-4-5-12-21(20)30-3/h4-5,8-12,15H,6-7,13-14,16H2,1-3H3,(H,25,29). The van der Waals surface area contributed by atoms with Crippen LogP contribution in [0.3, 0.4) is 0 Å². The number of ether oxygens (including phenoxy) is 1. The van der Waals surface area contributed by atoms with E-state index in [0.717, 1.165) is 48.4 Å². The number of hydrogen-bond acceptors (Lipinski definition) is 4. The summed E-state index contributed by atoms with van der Waals surface area (Å²) in [6.07, 6.45) is 4.36. The van der Waals surface area contributed by atoms with Gasteiger partial charge in [0.2, 0.25) is 0 Å². The van der Waals surface area contributed by atoms with Crippen LogP contribution in [0.25, 0.3) is 5.69 Å². The van der Waals surface area contributed by atoms with Crippen LogP contribution in [-0.2, 0) is 5.41 Å². The molecule has 1 aliphatic rings. The number of hydrogen-bond donors (Lipinski definition) is 1. The Balaban J connectivity index is 1.55. The van der Waals surface area contributed by atoms with E-state index in [-0.39, 0.29) is 11.3 Å². The molecule has 6 nitrogen and oxygen atoms in total. The number of aryl methyl sites for hydroxylation is 1. The number of aromatic nitrogens is 3. The van der Waals surface area contributed by atoms with Gasteiger partial charge in [-0.1, -0.05) is 48.4 Å². The average molecular weight is 405 g/mol. The summed E-state index contributed by atoms with van der Waals surface area (Å²) in [5.74, 6) is 0.697. The molecule has 2 aromatic carbocycles. The zero-order valence-electron chi connectivity index (χ0n) is 17.8. The molecule has 1 aliphatic carbocycles. The first-order valence-electron chi connectivity index (χ1n) is 10.5. The number of nitrogens with one attached hydrogen (secondary N) is 1. The van der Waals surface area contributed by atoms with Gasteiger partial charge in [-0.3, -0.25) is 4.79 Å². The van der Waals surface area contributed by atoms with E-state index in [1.54, 1.807) is 11.8 Å². The Hall–Kier alpha value is -3.15. The largest absolute Gasteiger partial charge is 0.496 e. The van der Waals surface area contributed by atoms with Crippen molar-refractivity contribution >= 4 is 5.91 Å². The molecule has 0 aliphatic heterocycles. The maximum absolute atomic E-state index is 13.0. The molecule has 0 bridgehead atoms. The summed E-state index contributed by atoms with van der Waals surface area (Å²) in [6.45, 7) is 4.47. The molecule has 1 heterocycles. The van der Waals surface area contributed by atoms with Gasteiger partial charge in [-0.2, -0.15) is 0 Å². The highest BCUT2D eigenvalue weighted by Crippen LogP contribution is 2.44. The van der Waals surface area contributed by atoms with Crippen LogP contribution in [0.1, 0.15) is 53.0 Å². The molecule has 0 radical (unpaired) electrons. The van der Waals surface area contributed by atoms with Crippen molar-refractivity contribution in [1.82, 2.24) is 20.3 Å². The van der Waals surface area contributed by atoms with Gasteiger partial charge in [0.1, 0.15) is 5.75 Å². The molecule has 156 valence electrons. The minimum Gasteiger partial charge on any atom is -0.496 e. The van der Waals surface area contributed by atoms with Crippen LogP contribution < -0.4 is 10.1 Å². The molecule has 3 aromatic rings. The summed E-state index contributed by atoms with van der Waals surface area (Å²) in [4.78, 5) is 13.0. The van der Waals surface area contributed by atoms with Gasteiger partial charge in [0.15, 0.2) is 5.69 Å². The number of carbonyl (C=O) groups excluding carboxylic acids is 1. The molecule has 0 spiro atoms. The lowest BCUT2D eigenvalue weighted by molar-refractivity contribution is 0.0937. The summed E-state index contributed by atoms with van der Waals surface area (Å²) < 4.78 is 7.33. The molecule has 4 rings (SSSR count). The lowest BCUT2D eigenvalue weighted by Gasteiger charge is -2.31. The fourth-order valence-electron chi connectivity index (χ4n) is 4.55. The fourth-order valence-corrected chi connectivity index (χ4v) is 4.55. The predicted octanol–water partition coefficient (Wildman–Crippen LogP) is 4.13. The van der Waals surface area contributed by atoms with Crippen LogP contribution >= 0.6 is 0 Å². The molecular formula is C24H28N4O2. The third-order valence-electron chi connectivity index (χ3n) is 6.18. The molecule has 0 unspecified atom stereocenters. The second kappa shape index (κ2) is 8.30. The maximum atomic E-state index is 13.0. The quantitative estimate of drug-likeness (QED) is 0.671. The van der Waals surface area contributed by atoms with E-state index >= 15 is 0 Å². The average Bonchev–Trinajstić information content (AvgIpc) is 3.39. The van der Waals surface area contributed by atoms with Crippen molar-refractivity contribution in [2.75, 3.05) is 13.7 Å². The summed E-state index contributed by atoms with van der Waals surface area (Å²) in [6, 6.07) is 16.1. The number of amides is 1. The van der Waals surface area contributed by atoms with Crippen molar-refractivity contribution in [3.8, 4) is 11.4 Å². The first-order chi connectivity index (χ1) is 14.5. The monoisotopic (exact) mass is 404 g/mol. The number of para-hydroxylation sites is 1. The van der Waals surface area contributed by atoms with Crippen molar-refractivity contribution in [1.29, 1.82) is 0 Å². The van der Waals surface area contributed by atoms with E-state index in [2.05, 4.69) is 21.7 Å². The second-order valence-electron chi connectivity index (χ2n) is 8.14. The topological polar surface area (TPSA) is 69.0 Å². The van der Waals surface area contributed by atoms with Crippen molar-refractivity contribution < 1.29 is 9.53 Å². The van der Waals surface area contributed by atoms with Crippen molar-refractivity contribution in [2.45, 2.75) is 44.9 Å². The highest BCUT2D eigenvalue weighted by molar-refractivity contribution is 5.93. The molecule has 1 N–H and O–H groups in total. The SMILES string of the molecule is COc1ccccc1C1(CNC(=O)c2nnn(-c3cccc(C)c3)c2C)CCCC1. The van der Waals surface area contributed by atoms with Gasteiger partial charge in [-0.05, 0) is 50.5 Å². The third kappa shape index (κ3) is 3.70. The van der Waals surface area contributed by atoms with Crippen LogP contribution in [0.15, 0.2) is 48.5 Å². The highest BCUT2D eigenvalue weighted by atomic mass is 16.5. The molecule has 0 atom stereocenters. The van der Waals surface area contributed by atoms with Crippen LogP contribution in [-0.4, -0.2) is 34.6 Å². The first kappa shape index (κ1) is 20.1. The number of carbonyl (C=O) groups is 1. The highest BCUT2D eigenvalue weighted by Gasteiger charge is 2.38. The van der Waals surface area contributed by atoms with E-state index in [1.165, 1.54) is 5.56 Å². The minimum atomic E-state index is -0.187. The zero-order valence-corrected chi connectivity index (χ0v) is 17.8. The zero-order chi connectivity index (χ0) is 21.1. The summed E-state index contributed by atoms with van der Waals surface area (Å²) in [7, 11) is 1.70. The van der Waals surface area contributed by atoms with Gasteiger partial charge in [-0.15, -0.1) is 5.10 Å². The molecule has 6 heteroatoms. The van der Waals surface area contributed by atoms with Crippen LogP contribution in [0, 0.1) is 13.8 Å². The first-order valence-corrected chi connectivity index (χ1v) is 10.5.